The van der Waals surface area contributed by atoms with Gasteiger partial charge >= 0.3 is 5.97 Å². The van der Waals surface area contributed by atoms with Crippen LogP contribution in [-0.2, 0) is 14.4 Å². The molecule has 0 aliphatic carbocycles. The largest absolute Gasteiger partial charge is 0.479 e. The first-order valence-corrected chi connectivity index (χ1v) is 8.38. The molecule has 0 unspecified atom stereocenters. The van der Waals surface area contributed by atoms with Crippen molar-refractivity contribution in [2.24, 2.45) is 5.73 Å². The van der Waals surface area contributed by atoms with Crippen LogP contribution in [0.1, 0.15) is 31.4 Å². The number of likely N-dealkylation sites (tertiary alicyclic amines) is 1. The predicted molar refractivity (Wildman–Crippen MR) is 93.3 cm³/mol. The number of ketones is 1. The van der Waals surface area contributed by atoms with Gasteiger partial charge in [0.2, 0.25) is 5.91 Å². The van der Waals surface area contributed by atoms with E-state index >= 15 is 0 Å². The van der Waals surface area contributed by atoms with E-state index in [-0.39, 0.29) is 5.91 Å². The van der Waals surface area contributed by atoms with Gasteiger partial charge in [0.25, 0.3) is 0 Å². The number of pyridine rings is 1. The zero-order chi connectivity index (χ0) is 20.6. The Labute approximate surface area is 156 Å². The summed E-state index contributed by atoms with van der Waals surface area (Å²) in [6.45, 7) is 2.49. The summed E-state index contributed by atoms with van der Waals surface area (Å²) in [7, 11) is 0. The molecule has 0 aromatic carbocycles. The third-order valence-electron chi connectivity index (χ3n) is 4.06. The van der Waals surface area contributed by atoms with E-state index in [2.05, 4.69) is 4.98 Å². The number of hydrogen-bond donors (Lipinski definition) is 5. The highest BCUT2D eigenvalue weighted by Gasteiger charge is 2.29. The molecule has 2 rings (SSSR count). The Morgan fingerprint density at radius 1 is 1.07 bits per heavy atom. The number of aliphatic carboxylic acids is 1. The molecular weight excluding hydrogens is 358 g/mol. The lowest BCUT2D eigenvalue weighted by Crippen LogP contribution is -2.45. The number of carboxylic acids is 1. The maximum absolute atomic E-state index is 12.0. The monoisotopic (exact) mass is 383 g/mol. The molecule has 0 saturated carbocycles. The van der Waals surface area contributed by atoms with Crippen molar-refractivity contribution in [1.82, 2.24) is 9.88 Å². The number of carbonyl (C=O) groups is 3. The molecule has 1 aliphatic rings. The van der Waals surface area contributed by atoms with Crippen LogP contribution in [0.3, 0.4) is 0 Å². The van der Waals surface area contributed by atoms with E-state index in [0.29, 0.717) is 5.56 Å². The average molecular weight is 383 g/mol. The van der Waals surface area contributed by atoms with Crippen molar-refractivity contribution in [3.05, 3.63) is 30.1 Å². The lowest BCUT2D eigenvalue weighted by atomic mass is 10.0. The molecule has 1 aromatic heterocycles. The minimum atomic E-state index is -2.02. The van der Waals surface area contributed by atoms with E-state index in [0.717, 1.165) is 32.9 Å². The zero-order valence-electron chi connectivity index (χ0n) is 14.9. The Kier molecular flexibility index (Phi) is 8.95. The van der Waals surface area contributed by atoms with Gasteiger partial charge in [-0.25, -0.2) is 4.79 Å². The Balaban J connectivity index is 0.000000314. The van der Waals surface area contributed by atoms with Crippen molar-refractivity contribution in [1.29, 1.82) is 0 Å². The van der Waals surface area contributed by atoms with Crippen molar-refractivity contribution in [2.45, 2.75) is 44.1 Å². The number of Topliss-reactive ketones (excluding diaryl/α,β-unsaturated/α-hetero) is 1. The summed E-state index contributed by atoms with van der Waals surface area (Å²) in [4.78, 5) is 37.7. The second-order valence-electron chi connectivity index (χ2n) is 6.12. The molecule has 27 heavy (non-hydrogen) atoms. The first-order valence-electron chi connectivity index (χ1n) is 8.38. The molecule has 1 aliphatic heterocycles. The average Bonchev–Trinajstić information content (AvgIpc) is 3.20. The Hall–Kier alpha value is -2.40. The molecule has 1 aromatic rings. The summed E-state index contributed by atoms with van der Waals surface area (Å²) in [6.07, 6.45) is 0.381. The molecule has 10 heteroatoms. The van der Waals surface area contributed by atoms with Crippen molar-refractivity contribution >= 4 is 17.7 Å². The third kappa shape index (κ3) is 6.68. The highest BCUT2D eigenvalue weighted by atomic mass is 16.4. The van der Waals surface area contributed by atoms with Gasteiger partial charge in [-0.1, -0.05) is 0 Å². The van der Waals surface area contributed by atoms with Crippen LogP contribution >= 0.6 is 0 Å². The first kappa shape index (κ1) is 22.6. The smallest absolute Gasteiger partial charge is 0.335 e. The highest BCUT2D eigenvalue weighted by Crippen LogP contribution is 2.18. The van der Waals surface area contributed by atoms with Gasteiger partial charge in [0.15, 0.2) is 11.9 Å². The molecule has 150 valence electrons. The number of aliphatic hydroxyl groups is 3. The molecule has 1 fully saturated rings. The molecule has 6 N–H and O–H groups in total. The van der Waals surface area contributed by atoms with Crippen LogP contribution in [0.2, 0.25) is 0 Å². The highest BCUT2D eigenvalue weighted by molar-refractivity contribution is 5.87. The van der Waals surface area contributed by atoms with Gasteiger partial charge in [0, 0.05) is 25.5 Å². The number of aromatic nitrogens is 1. The van der Waals surface area contributed by atoms with Crippen LogP contribution in [-0.4, -0.2) is 79.3 Å². The number of carbonyl (C=O) groups excluding carboxylic acids is 2. The van der Waals surface area contributed by atoms with Gasteiger partial charge in [-0.2, -0.15) is 0 Å². The van der Waals surface area contributed by atoms with Gasteiger partial charge in [0.05, 0.1) is 0 Å². The van der Waals surface area contributed by atoms with Crippen LogP contribution in [0, 0.1) is 0 Å². The topological polar surface area (TPSA) is 174 Å². The number of nitrogens with zero attached hydrogens (tertiary/aromatic N) is 2. The molecule has 10 nitrogen and oxygen atoms in total. The minimum absolute atomic E-state index is 0.174. The summed E-state index contributed by atoms with van der Waals surface area (Å²) in [5.41, 5.74) is 6.44. The van der Waals surface area contributed by atoms with Crippen molar-refractivity contribution < 1.29 is 34.8 Å². The van der Waals surface area contributed by atoms with Gasteiger partial charge in [-0.05, 0) is 37.5 Å². The molecule has 4 atom stereocenters. The maximum Gasteiger partial charge on any atom is 0.335 e. The molecule has 1 saturated heterocycles. The van der Waals surface area contributed by atoms with Crippen LogP contribution in [0.5, 0.6) is 0 Å². The quantitative estimate of drug-likeness (QED) is 0.389. The van der Waals surface area contributed by atoms with Crippen LogP contribution in [0.15, 0.2) is 24.5 Å². The molecule has 0 spiro atoms. The standard InChI is InChI=1S/C12H17N3O2.C5H8O5/c13-10(12(17)15-7-1-2-8-15)11(16)9-3-5-14-6-4-9;1-2(6)3(7)4(8)5(9)10/h3-6,10-11,16H,1-2,7-8,13H2;3-4,7-8H,1H3,(H,9,10)/t10-,11+;3-,4+/m10/s1. The summed E-state index contributed by atoms with van der Waals surface area (Å²) < 4.78 is 0. The summed E-state index contributed by atoms with van der Waals surface area (Å²) in [6, 6.07) is 2.44. The summed E-state index contributed by atoms with van der Waals surface area (Å²) in [5, 5.41) is 35.1. The van der Waals surface area contributed by atoms with E-state index in [1.807, 2.05) is 0 Å². The minimum Gasteiger partial charge on any atom is -0.479 e. The molecule has 2 heterocycles. The second kappa shape index (κ2) is 10.7. The molecular formula is C17H25N3O7. The van der Waals surface area contributed by atoms with Gasteiger partial charge in [0.1, 0.15) is 18.2 Å². The summed E-state index contributed by atoms with van der Waals surface area (Å²) >= 11 is 0. The van der Waals surface area contributed by atoms with E-state index in [4.69, 9.17) is 21.1 Å². The molecule has 0 bridgehead atoms. The molecule has 0 radical (unpaired) electrons. The van der Waals surface area contributed by atoms with Gasteiger partial charge in [-0.15, -0.1) is 0 Å². The predicted octanol–water partition coefficient (Wildman–Crippen LogP) is -1.55. The van der Waals surface area contributed by atoms with Crippen LogP contribution < -0.4 is 5.73 Å². The first-order chi connectivity index (χ1) is 12.7. The number of carboxylic acid groups (broad SMARTS) is 1. The van der Waals surface area contributed by atoms with E-state index in [9.17, 15) is 19.5 Å². The number of nitrogens with two attached hydrogens (primary N) is 1. The second-order valence-corrected chi connectivity index (χ2v) is 6.12. The van der Waals surface area contributed by atoms with Crippen molar-refractivity contribution in [3.63, 3.8) is 0 Å². The fraction of sp³-hybridized carbons (Fsp3) is 0.529. The number of rotatable bonds is 6. The third-order valence-corrected chi connectivity index (χ3v) is 4.06. The van der Waals surface area contributed by atoms with Crippen LogP contribution in [0.4, 0.5) is 0 Å². The SMILES string of the molecule is CC(=O)[C@H](O)[C@@H](O)C(=O)O.N[C@@H](C(=O)N1CCCC1)[C@@H](O)c1ccncc1. The van der Waals surface area contributed by atoms with Crippen molar-refractivity contribution in [3.8, 4) is 0 Å². The number of hydrogen-bond acceptors (Lipinski definition) is 8. The maximum atomic E-state index is 12.0. The normalized spacial score (nSPS) is 17.9. The van der Waals surface area contributed by atoms with Gasteiger partial charge in [-0.3, -0.25) is 14.6 Å². The fourth-order valence-electron chi connectivity index (χ4n) is 2.41. The lowest BCUT2D eigenvalue weighted by molar-refractivity contribution is -0.156. The number of aliphatic hydroxyl groups excluding tert-OH is 3. The van der Waals surface area contributed by atoms with Gasteiger partial charge < -0.3 is 31.1 Å². The Bertz CT molecular complexity index is 617. The lowest BCUT2D eigenvalue weighted by Gasteiger charge is -2.23. The van der Waals surface area contributed by atoms with E-state index in [1.54, 1.807) is 29.4 Å². The Morgan fingerprint density at radius 2 is 1.59 bits per heavy atom. The summed E-state index contributed by atoms with van der Waals surface area (Å²) in [5.74, 6) is -2.55. The fourth-order valence-corrected chi connectivity index (χ4v) is 2.41. The van der Waals surface area contributed by atoms with Crippen molar-refractivity contribution in [2.75, 3.05) is 13.1 Å². The zero-order valence-corrected chi connectivity index (χ0v) is 14.9. The van der Waals surface area contributed by atoms with Crippen LogP contribution in [0.25, 0.3) is 0 Å². The number of amides is 1. The van der Waals surface area contributed by atoms with E-state index in [1.165, 1.54) is 0 Å². The van der Waals surface area contributed by atoms with E-state index < -0.39 is 36.1 Å². The molecule has 1 amide bonds. The Morgan fingerprint density at radius 3 is 2.00 bits per heavy atom.